The lowest BCUT2D eigenvalue weighted by Gasteiger charge is -1.97. The zero-order valence-electron chi connectivity index (χ0n) is 6.32. The summed E-state index contributed by atoms with van der Waals surface area (Å²) in [5.41, 5.74) is 0.162. The summed E-state index contributed by atoms with van der Waals surface area (Å²) in [5, 5.41) is 2.87. The van der Waals surface area contributed by atoms with E-state index in [1.807, 2.05) is 0 Å². The van der Waals surface area contributed by atoms with Gasteiger partial charge >= 0.3 is 0 Å². The molecule has 1 nitrogen and oxygen atoms in total. The van der Waals surface area contributed by atoms with E-state index in [1.165, 1.54) is 6.92 Å². The molecule has 0 aromatic rings. The average Bonchev–Trinajstić information content (AvgIpc) is 1.88. The van der Waals surface area contributed by atoms with Crippen LogP contribution in [-0.2, 0) is 0 Å². The lowest BCUT2D eigenvalue weighted by molar-refractivity contribution is 0.189. The van der Waals surface area contributed by atoms with Gasteiger partial charge in [0.2, 0.25) is 0 Å². The number of halogens is 2. The maximum atomic E-state index is 11.8. The highest BCUT2D eigenvalue weighted by atomic mass is 19.3. The summed E-state index contributed by atoms with van der Waals surface area (Å²) < 4.78 is 23.5. The van der Waals surface area contributed by atoms with Crippen molar-refractivity contribution in [2.75, 3.05) is 13.6 Å². The molecule has 60 valence electrons. The van der Waals surface area contributed by atoms with Crippen LogP contribution in [-0.4, -0.2) is 20.0 Å². The van der Waals surface area contributed by atoms with E-state index < -0.39 is 6.43 Å². The number of rotatable bonds is 4. The molecule has 0 aliphatic rings. The molecule has 10 heavy (non-hydrogen) atoms. The second kappa shape index (κ2) is 5.35. The Morgan fingerprint density at radius 3 is 2.60 bits per heavy atom. The molecule has 0 aromatic heterocycles. The van der Waals surface area contributed by atoms with Crippen LogP contribution in [0.1, 0.15) is 13.3 Å². The van der Waals surface area contributed by atoms with Crippen molar-refractivity contribution in [2.45, 2.75) is 19.8 Å². The van der Waals surface area contributed by atoms with E-state index in [-0.39, 0.29) is 5.57 Å². The second-order valence-electron chi connectivity index (χ2n) is 2.14. The normalized spacial score (nSPS) is 12.7. The van der Waals surface area contributed by atoms with Gasteiger partial charge in [-0.2, -0.15) is 0 Å². The SMILES string of the molecule is CNCC/C=C(/C)C(F)F. The minimum absolute atomic E-state index is 0.162. The van der Waals surface area contributed by atoms with Crippen molar-refractivity contribution in [3.05, 3.63) is 11.6 Å². The molecule has 0 radical (unpaired) electrons. The van der Waals surface area contributed by atoms with E-state index in [0.29, 0.717) is 6.42 Å². The lowest BCUT2D eigenvalue weighted by Crippen LogP contribution is -2.06. The molecular formula is C7H13F2N. The van der Waals surface area contributed by atoms with Gasteiger partial charge in [0.05, 0.1) is 0 Å². The highest BCUT2D eigenvalue weighted by Gasteiger charge is 2.02. The van der Waals surface area contributed by atoms with Crippen LogP contribution >= 0.6 is 0 Å². The van der Waals surface area contributed by atoms with Gasteiger partial charge in [0.1, 0.15) is 0 Å². The Morgan fingerprint density at radius 1 is 1.60 bits per heavy atom. The standard InChI is InChI=1S/C7H13F2N/c1-6(7(8)9)4-3-5-10-2/h4,7,10H,3,5H2,1-2H3/b6-4-. The molecule has 0 bridgehead atoms. The Kier molecular flexibility index (Phi) is 5.12. The molecule has 0 aromatic carbocycles. The molecule has 3 heteroatoms. The molecule has 0 saturated carbocycles. The van der Waals surface area contributed by atoms with Gasteiger partial charge < -0.3 is 5.32 Å². The van der Waals surface area contributed by atoms with Crippen LogP contribution in [0.4, 0.5) is 8.78 Å². The van der Waals surface area contributed by atoms with Crippen LogP contribution in [0, 0.1) is 0 Å². The molecule has 0 fully saturated rings. The van der Waals surface area contributed by atoms with Gasteiger partial charge in [0.25, 0.3) is 6.43 Å². The topological polar surface area (TPSA) is 12.0 Å². The van der Waals surface area contributed by atoms with Gasteiger partial charge in [-0.3, -0.25) is 0 Å². The predicted octanol–water partition coefficient (Wildman–Crippen LogP) is 1.81. The van der Waals surface area contributed by atoms with Gasteiger partial charge in [0.15, 0.2) is 0 Å². The summed E-state index contributed by atoms with van der Waals surface area (Å²) in [5.74, 6) is 0. The fraction of sp³-hybridized carbons (Fsp3) is 0.714. The van der Waals surface area contributed by atoms with E-state index in [9.17, 15) is 8.78 Å². The van der Waals surface area contributed by atoms with Crippen molar-refractivity contribution in [2.24, 2.45) is 0 Å². The van der Waals surface area contributed by atoms with E-state index in [4.69, 9.17) is 0 Å². The highest BCUT2D eigenvalue weighted by Crippen LogP contribution is 2.06. The van der Waals surface area contributed by atoms with Gasteiger partial charge in [0, 0.05) is 0 Å². The second-order valence-corrected chi connectivity index (χ2v) is 2.14. The minimum atomic E-state index is -2.29. The summed E-state index contributed by atoms with van der Waals surface area (Å²) in [7, 11) is 1.80. The highest BCUT2D eigenvalue weighted by molar-refractivity contribution is 5.00. The summed E-state index contributed by atoms with van der Waals surface area (Å²) in [6.45, 7) is 2.20. The van der Waals surface area contributed by atoms with Gasteiger partial charge in [-0.25, -0.2) is 8.78 Å². The fourth-order valence-corrected chi connectivity index (χ4v) is 0.533. The molecule has 0 amide bonds. The summed E-state index contributed by atoms with van der Waals surface area (Å²) >= 11 is 0. The maximum Gasteiger partial charge on any atom is 0.259 e. The van der Waals surface area contributed by atoms with Crippen molar-refractivity contribution in [1.29, 1.82) is 0 Å². The zero-order chi connectivity index (χ0) is 7.98. The van der Waals surface area contributed by atoms with Crippen LogP contribution in [0.25, 0.3) is 0 Å². The third kappa shape index (κ3) is 4.44. The first kappa shape index (κ1) is 9.56. The van der Waals surface area contributed by atoms with Crippen molar-refractivity contribution in [3.63, 3.8) is 0 Å². The number of allylic oxidation sites excluding steroid dienone is 1. The van der Waals surface area contributed by atoms with Crippen LogP contribution < -0.4 is 5.32 Å². The van der Waals surface area contributed by atoms with Crippen LogP contribution in [0.2, 0.25) is 0 Å². The molecule has 0 aliphatic heterocycles. The monoisotopic (exact) mass is 149 g/mol. The van der Waals surface area contributed by atoms with Crippen LogP contribution in [0.3, 0.4) is 0 Å². The maximum absolute atomic E-state index is 11.8. The van der Waals surface area contributed by atoms with Crippen molar-refractivity contribution >= 4 is 0 Å². The summed E-state index contributed by atoms with van der Waals surface area (Å²) in [6.07, 6.45) is -0.0646. The van der Waals surface area contributed by atoms with Crippen molar-refractivity contribution in [1.82, 2.24) is 5.32 Å². The Bertz CT molecular complexity index is 110. The third-order valence-corrected chi connectivity index (χ3v) is 1.20. The van der Waals surface area contributed by atoms with Crippen molar-refractivity contribution in [3.8, 4) is 0 Å². The molecule has 0 saturated heterocycles. The van der Waals surface area contributed by atoms with E-state index in [1.54, 1.807) is 13.1 Å². The van der Waals surface area contributed by atoms with Gasteiger partial charge in [-0.05, 0) is 32.5 Å². The van der Waals surface area contributed by atoms with E-state index in [2.05, 4.69) is 5.32 Å². The molecule has 0 spiro atoms. The van der Waals surface area contributed by atoms with Gasteiger partial charge in [-0.15, -0.1) is 0 Å². The molecule has 0 aliphatic carbocycles. The first-order valence-electron chi connectivity index (χ1n) is 3.28. The fourth-order valence-electron chi connectivity index (χ4n) is 0.533. The lowest BCUT2D eigenvalue weighted by atomic mass is 10.2. The van der Waals surface area contributed by atoms with Gasteiger partial charge in [-0.1, -0.05) is 6.08 Å². The number of hydrogen-bond acceptors (Lipinski definition) is 1. The number of nitrogens with one attached hydrogen (secondary N) is 1. The first-order chi connectivity index (χ1) is 4.68. The Labute approximate surface area is 60.1 Å². The molecule has 0 unspecified atom stereocenters. The van der Waals surface area contributed by atoms with E-state index >= 15 is 0 Å². The Morgan fingerprint density at radius 2 is 2.20 bits per heavy atom. The smallest absolute Gasteiger partial charge is 0.259 e. The summed E-state index contributed by atoms with van der Waals surface area (Å²) in [6, 6.07) is 0. The molecule has 0 heterocycles. The average molecular weight is 149 g/mol. The Balaban J connectivity index is 3.48. The largest absolute Gasteiger partial charge is 0.319 e. The summed E-state index contributed by atoms with van der Waals surface area (Å²) in [4.78, 5) is 0. The number of alkyl halides is 2. The molecule has 1 N–H and O–H groups in total. The Hall–Kier alpha value is -0.440. The molecular weight excluding hydrogens is 136 g/mol. The predicted molar refractivity (Wildman–Crippen MR) is 38.3 cm³/mol. The molecule has 0 atom stereocenters. The minimum Gasteiger partial charge on any atom is -0.319 e. The van der Waals surface area contributed by atoms with Crippen molar-refractivity contribution < 1.29 is 8.78 Å². The molecule has 0 rings (SSSR count). The van der Waals surface area contributed by atoms with Crippen LogP contribution in [0.5, 0.6) is 0 Å². The third-order valence-electron chi connectivity index (χ3n) is 1.20. The first-order valence-corrected chi connectivity index (χ1v) is 3.28. The quantitative estimate of drug-likeness (QED) is 0.474. The number of hydrogen-bond donors (Lipinski definition) is 1. The van der Waals surface area contributed by atoms with E-state index in [0.717, 1.165) is 6.54 Å². The van der Waals surface area contributed by atoms with Crippen LogP contribution in [0.15, 0.2) is 11.6 Å². The zero-order valence-corrected chi connectivity index (χ0v) is 6.32.